The maximum absolute atomic E-state index is 10.2. The molecule has 1 atom stereocenters. The van der Waals surface area contributed by atoms with E-state index in [0.717, 1.165) is 0 Å². The number of benzene rings is 3. The van der Waals surface area contributed by atoms with E-state index in [4.69, 9.17) is 11.6 Å². The van der Waals surface area contributed by atoms with Gasteiger partial charge in [-0.25, -0.2) is 0 Å². The van der Waals surface area contributed by atoms with Gasteiger partial charge in [0.25, 0.3) is 0 Å². The number of hydrogen-bond donors (Lipinski definition) is 1. The first kappa shape index (κ1) is 17.0. The topological polar surface area (TPSA) is 67.8 Å². The molecule has 3 aromatic rings. The number of carboxylic acid groups (broad SMARTS) is 1. The Morgan fingerprint density at radius 1 is 1.00 bits per heavy atom. The van der Waals surface area contributed by atoms with Gasteiger partial charge in [-0.2, -0.15) is 0 Å². The first-order valence-electron chi connectivity index (χ1n) is 7.26. The maximum atomic E-state index is 10.2. The quantitative estimate of drug-likeness (QED) is 0.786. The van der Waals surface area contributed by atoms with Crippen molar-refractivity contribution in [1.82, 2.24) is 0 Å². The Labute approximate surface area is 140 Å². The van der Waals surface area contributed by atoms with Gasteiger partial charge in [-0.1, -0.05) is 60.1 Å². The summed E-state index contributed by atoms with van der Waals surface area (Å²) in [6.45, 7) is 2.12. The Bertz CT molecular complexity index is 798. The molecule has 0 spiro atoms. The number of rotatable bonds is 2. The van der Waals surface area contributed by atoms with Crippen molar-refractivity contribution in [3.05, 3.63) is 82.9 Å². The molecule has 0 radical (unpaired) electrons. The molecule has 0 amide bonds. The number of quaternary nitrogens is 1. The van der Waals surface area contributed by atoms with Crippen LogP contribution in [0.15, 0.2) is 66.7 Å². The summed E-state index contributed by atoms with van der Waals surface area (Å²) in [6, 6.07) is 21.1. The molecule has 0 saturated heterocycles. The van der Waals surface area contributed by atoms with Crippen LogP contribution in [0.5, 0.6) is 0 Å². The predicted octanol–water partition coefficient (Wildman–Crippen LogP) is 2.85. The second kappa shape index (κ2) is 7.77. The Kier molecular flexibility index (Phi) is 5.74. The largest absolute Gasteiger partial charge is 0.545 e. The first-order chi connectivity index (χ1) is 11.0. The lowest BCUT2D eigenvalue weighted by Gasteiger charge is -2.03. The minimum atomic E-state index is -1.18. The van der Waals surface area contributed by atoms with Crippen molar-refractivity contribution in [3.8, 4) is 0 Å². The molecule has 0 fully saturated rings. The van der Waals surface area contributed by atoms with Crippen LogP contribution in [-0.4, -0.2) is 5.97 Å². The van der Waals surface area contributed by atoms with Gasteiger partial charge in [0.05, 0.1) is 5.97 Å². The standard InChI is InChI=1S/C12H13N.C7H5ClO2/c1-9(13)11-7-6-10-4-2-3-5-12(10)8-11;8-6-3-1-5(2-4-6)7(9)10/h2-9H,13H2,1H3;1-4H,(H,9,10)/t9-;/m1./s1. The molecule has 0 saturated carbocycles. The fourth-order valence-corrected chi connectivity index (χ4v) is 2.23. The first-order valence-corrected chi connectivity index (χ1v) is 7.64. The average molecular weight is 328 g/mol. The Balaban J connectivity index is 0.000000174. The van der Waals surface area contributed by atoms with E-state index in [1.165, 1.54) is 40.6 Å². The molecule has 0 aliphatic heterocycles. The van der Waals surface area contributed by atoms with E-state index in [-0.39, 0.29) is 5.56 Å². The number of carbonyl (C=O) groups excluding carboxylic acids is 1. The van der Waals surface area contributed by atoms with E-state index >= 15 is 0 Å². The average Bonchev–Trinajstić information content (AvgIpc) is 2.55. The Morgan fingerprint density at radius 2 is 1.61 bits per heavy atom. The lowest BCUT2D eigenvalue weighted by atomic mass is 10.0. The summed E-state index contributed by atoms with van der Waals surface area (Å²) >= 11 is 5.50. The molecule has 0 heterocycles. The van der Waals surface area contributed by atoms with Crippen LogP contribution >= 0.6 is 11.6 Å². The molecule has 0 aromatic heterocycles. The third-order valence-corrected chi connectivity index (χ3v) is 3.67. The molecule has 3 N–H and O–H groups in total. The van der Waals surface area contributed by atoms with E-state index in [0.29, 0.717) is 11.1 Å². The van der Waals surface area contributed by atoms with E-state index in [1.54, 1.807) is 0 Å². The van der Waals surface area contributed by atoms with Crippen molar-refractivity contribution in [2.75, 3.05) is 0 Å². The predicted molar refractivity (Wildman–Crippen MR) is 91.0 cm³/mol. The highest BCUT2D eigenvalue weighted by atomic mass is 35.5. The third-order valence-electron chi connectivity index (χ3n) is 3.42. The number of aromatic carboxylic acids is 1. The smallest absolute Gasteiger partial charge is 0.107 e. The van der Waals surface area contributed by atoms with Gasteiger partial charge >= 0.3 is 0 Å². The highest BCUT2D eigenvalue weighted by Gasteiger charge is 2.02. The monoisotopic (exact) mass is 327 g/mol. The second-order valence-corrected chi connectivity index (χ2v) is 5.74. The summed E-state index contributed by atoms with van der Waals surface area (Å²) in [5, 5.41) is 13.3. The van der Waals surface area contributed by atoms with E-state index in [2.05, 4.69) is 55.1 Å². The number of fused-ring (bicyclic) bond motifs is 1. The van der Waals surface area contributed by atoms with E-state index < -0.39 is 5.97 Å². The summed E-state index contributed by atoms with van der Waals surface area (Å²) in [4.78, 5) is 10.2. The number of carbonyl (C=O) groups is 1. The molecule has 3 rings (SSSR count). The molecular weight excluding hydrogens is 310 g/mol. The van der Waals surface area contributed by atoms with Gasteiger partial charge in [-0.05, 0) is 41.5 Å². The molecular formula is C19H18ClNO2. The molecule has 0 unspecified atom stereocenters. The molecule has 4 heteroatoms. The second-order valence-electron chi connectivity index (χ2n) is 5.30. The van der Waals surface area contributed by atoms with Crippen LogP contribution in [0.2, 0.25) is 5.02 Å². The fourth-order valence-electron chi connectivity index (χ4n) is 2.10. The van der Waals surface area contributed by atoms with Crippen molar-refractivity contribution in [2.45, 2.75) is 13.0 Å². The normalized spacial score (nSPS) is 11.4. The SMILES string of the molecule is C[C@@H]([NH3+])c1ccc2ccccc2c1.O=C([O-])c1ccc(Cl)cc1. The zero-order valence-electron chi connectivity index (χ0n) is 12.8. The zero-order valence-corrected chi connectivity index (χ0v) is 13.6. The van der Waals surface area contributed by atoms with Crippen molar-refractivity contribution in [1.29, 1.82) is 0 Å². The highest BCUT2D eigenvalue weighted by molar-refractivity contribution is 6.30. The summed E-state index contributed by atoms with van der Waals surface area (Å²) in [7, 11) is 0. The molecule has 0 bridgehead atoms. The van der Waals surface area contributed by atoms with Crippen molar-refractivity contribution in [2.24, 2.45) is 0 Å². The van der Waals surface area contributed by atoms with E-state index in [1.807, 2.05) is 0 Å². The fraction of sp³-hybridized carbons (Fsp3) is 0.105. The van der Waals surface area contributed by atoms with Gasteiger partial charge in [0.15, 0.2) is 0 Å². The minimum absolute atomic E-state index is 0.143. The highest BCUT2D eigenvalue weighted by Crippen LogP contribution is 2.17. The van der Waals surface area contributed by atoms with Gasteiger partial charge in [-0.3, -0.25) is 0 Å². The van der Waals surface area contributed by atoms with Crippen LogP contribution in [-0.2, 0) is 0 Å². The minimum Gasteiger partial charge on any atom is -0.545 e. The van der Waals surface area contributed by atoms with Crippen molar-refractivity contribution >= 4 is 28.3 Å². The third kappa shape index (κ3) is 4.81. The molecule has 3 aromatic carbocycles. The maximum Gasteiger partial charge on any atom is 0.107 e. The van der Waals surface area contributed by atoms with Crippen LogP contribution in [0.3, 0.4) is 0 Å². The van der Waals surface area contributed by atoms with Crippen molar-refractivity contribution in [3.63, 3.8) is 0 Å². The molecule has 23 heavy (non-hydrogen) atoms. The Morgan fingerprint density at radius 3 is 2.17 bits per heavy atom. The molecule has 0 aliphatic carbocycles. The van der Waals surface area contributed by atoms with Gasteiger partial charge in [0.2, 0.25) is 0 Å². The molecule has 0 aliphatic rings. The summed E-state index contributed by atoms with van der Waals surface area (Å²) in [5.74, 6) is -1.18. The Hall–Kier alpha value is -2.36. The molecule has 118 valence electrons. The van der Waals surface area contributed by atoms with Gasteiger partial charge in [0.1, 0.15) is 6.04 Å². The van der Waals surface area contributed by atoms with E-state index in [9.17, 15) is 9.90 Å². The van der Waals surface area contributed by atoms with Gasteiger partial charge < -0.3 is 15.6 Å². The van der Waals surface area contributed by atoms with Crippen LogP contribution in [0.1, 0.15) is 28.9 Å². The van der Waals surface area contributed by atoms with Gasteiger partial charge in [-0.15, -0.1) is 0 Å². The summed E-state index contributed by atoms with van der Waals surface area (Å²) in [6.07, 6.45) is 0. The van der Waals surface area contributed by atoms with Crippen molar-refractivity contribution < 1.29 is 15.6 Å². The molecule has 3 nitrogen and oxygen atoms in total. The van der Waals surface area contributed by atoms with Crippen LogP contribution < -0.4 is 10.8 Å². The van der Waals surface area contributed by atoms with Crippen LogP contribution in [0.25, 0.3) is 10.8 Å². The van der Waals surface area contributed by atoms with Gasteiger partial charge in [0, 0.05) is 10.6 Å². The lowest BCUT2D eigenvalue weighted by molar-refractivity contribution is -0.420. The lowest BCUT2D eigenvalue weighted by Crippen LogP contribution is -2.51. The number of hydrogen-bond acceptors (Lipinski definition) is 2. The summed E-state index contributed by atoms with van der Waals surface area (Å²) < 4.78 is 0. The zero-order chi connectivity index (χ0) is 16.8. The number of carboxylic acids is 1. The van der Waals surface area contributed by atoms with Crippen LogP contribution in [0.4, 0.5) is 0 Å². The summed E-state index contributed by atoms with van der Waals surface area (Å²) in [5.41, 5.74) is 5.46. The number of halogens is 1. The van der Waals surface area contributed by atoms with Crippen LogP contribution in [0, 0.1) is 0 Å².